The molecule has 276 valence electrons. The molecule has 1 aromatic heterocycles. The Morgan fingerprint density at radius 1 is 1.04 bits per heavy atom. The number of anilines is 1. The van der Waals surface area contributed by atoms with Gasteiger partial charge in [0.25, 0.3) is 11.7 Å². The smallest absolute Gasteiger partial charge is 0.378 e. The third kappa shape index (κ3) is 8.96. The fourth-order valence-corrected chi connectivity index (χ4v) is 7.36. The van der Waals surface area contributed by atoms with Crippen molar-refractivity contribution < 1.29 is 35.9 Å². The monoisotopic (exact) mass is 771 g/mol. The zero-order valence-electron chi connectivity index (χ0n) is 28.5. The zero-order valence-corrected chi connectivity index (χ0v) is 31.0. The number of amides is 1. The van der Waals surface area contributed by atoms with Crippen LogP contribution in [0.5, 0.6) is 11.5 Å². The molecule has 1 heterocycles. The first-order valence-electron chi connectivity index (χ1n) is 16.4. The van der Waals surface area contributed by atoms with E-state index in [4.69, 9.17) is 21.1 Å². The van der Waals surface area contributed by atoms with Gasteiger partial charge >= 0.3 is 5.97 Å². The van der Waals surface area contributed by atoms with Crippen molar-refractivity contribution >= 4 is 61.4 Å². The molecule has 1 fully saturated rings. The highest BCUT2D eigenvalue weighted by atomic mass is 35.5. The molecule has 0 radical (unpaired) electrons. The maximum absolute atomic E-state index is 14.4. The lowest BCUT2D eigenvalue weighted by Crippen LogP contribution is -2.39. The number of amidine groups is 1. The van der Waals surface area contributed by atoms with E-state index in [1.807, 2.05) is 24.3 Å². The van der Waals surface area contributed by atoms with Crippen LogP contribution in [-0.4, -0.2) is 70.0 Å². The van der Waals surface area contributed by atoms with E-state index in [0.29, 0.717) is 5.75 Å². The molecule has 5 rings (SSSR count). The van der Waals surface area contributed by atoms with Gasteiger partial charge in [-0.1, -0.05) is 49.1 Å². The highest BCUT2D eigenvalue weighted by Gasteiger charge is 2.31. The fourth-order valence-electron chi connectivity index (χ4n) is 5.80. The molecule has 1 saturated carbocycles. The highest BCUT2D eigenvalue weighted by molar-refractivity contribution is 7.89. The van der Waals surface area contributed by atoms with Gasteiger partial charge in [0.2, 0.25) is 10.0 Å². The van der Waals surface area contributed by atoms with Crippen LogP contribution in [0.2, 0.25) is 5.02 Å². The van der Waals surface area contributed by atoms with E-state index in [0.717, 1.165) is 48.7 Å². The number of aliphatic imine (C=N–C) groups is 1. The molecule has 1 aliphatic rings. The molecule has 0 spiro atoms. The third-order valence-corrected chi connectivity index (χ3v) is 10.7. The predicted octanol–water partition coefficient (Wildman–Crippen LogP) is 4.96. The number of ether oxygens (including phenoxy) is 2. The Morgan fingerprint density at radius 2 is 1.79 bits per heavy atom. The second kappa shape index (κ2) is 17.1. The summed E-state index contributed by atoms with van der Waals surface area (Å²) in [6.07, 6.45) is 6.46. The van der Waals surface area contributed by atoms with E-state index in [-0.39, 0.29) is 56.1 Å². The lowest BCUT2D eigenvalue weighted by molar-refractivity contribution is -0.117. The van der Waals surface area contributed by atoms with Crippen molar-refractivity contribution in [1.29, 1.82) is 0 Å². The Kier molecular flexibility index (Phi) is 12.6. The predicted molar refractivity (Wildman–Crippen MR) is 195 cm³/mol. The number of halogens is 1. The molecule has 15 nitrogen and oxygen atoms in total. The number of esters is 1. The molecule has 0 saturated heterocycles. The molecule has 1 amide bonds. The minimum absolute atomic E-state index is 0.0132. The second-order valence-corrected chi connectivity index (χ2v) is 15.0. The first-order chi connectivity index (χ1) is 24.9. The standard InChI is InChI=1S/C34H38ClN7O8S2/c1-4-49-34(44)32-38-20-42(41-32)30(31(36-2)39-25-16-14-22(35)18-29(25)51(45)46)33(43)40-26-19-23(52(47,48)37-3)15-17-28(26)50-27-13-9-8-12-24(27)21-10-6-5-7-11-21/h8-9,12-21,30,37,51H,4-7,10-11H2,1-3H3,(H,36,39)(H,40,43). The molecule has 52 heavy (non-hydrogen) atoms. The van der Waals surface area contributed by atoms with Gasteiger partial charge in [-0.25, -0.2) is 41.0 Å². The van der Waals surface area contributed by atoms with E-state index >= 15 is 0 Å². The molecular formula is C34H38ClN7O8S2. The average Bonchev–Trinajstić information content (AvgIpc) is 3.63. The van der Waals surface area contributed by atoms with Crippen LogP contribution in [0.3, 0.4) is 0 Å². The lowest BCUT2D eigenvalue weighted by atomic mass is 9.84. The second-order valence-electron chi connectivity index (χ2n) is 11.6. The SMILES string of the molecule is CCOC(=O)c1ncn(C(C(=O)Nc2cc(S(=O)(=O)NC)ccc2Oc2ccccc2C2CCCCC2)/C(=N/c2ccc(Cl)cc2[SH](=O)=O)NC)n1. The minimum Gasteiger partial charge on any atom is -0.460 e. The summed E-state index contributed by atoms with van der Waals surface area (Å²) < 4.78 is 64.8. The number of hydrogen-bond acceptors (Lipinski definition) is 11. The van der Waals surface area contributed by atoms with Crippen molar-refractivity contribution in [3.63, 3.8) is 0 Å². The number of hydrogen-bond donors (Lipinski definition) is 4. The molecule has 1 unspecified atom stereocenters. The topological polar surface area (TPSA) is 200 Å². The number of nitrogens with zero attached hydrogens (tertiary/aromatic N) is 4. The summed E-state index contributed by atoms with van der Waals surface area (Å²) in [7, 11) is -4.42. The maximum atomic E-state index is 14.4. The average molecular weight is 772 g/mol. The summed E-state index contributed by atoms with van der Waals surface area (Å²) in [5.74, 6) is -1.18. The maximum Gasteiger partial charge on any atom is 0.378 e. The number of nitrogens with one attached hydrogen (secondary N) is 3. The number of carbonyl (C=O) groups is 2. The van der Waals surface area contributed by atoms with E-state index in [9.17, 15) is 26.4 Å². The first kappa shape index (κ1) is 38.4. The van der Waals surface area contributed by atoms with Gasteiger partial charge in [0.05, 0.1) is 27.8 Å². The Bertz CT molecular complexity index is 2160. The number of sulfonamides is 1. The molecule has 0 bridgehead atoms. The number of benzene rings is 3. The van der Waals surface area contributed by atoms with E-state index in [2.05, 4.69) is 30.4 Å². The Hall–Kier alpha value is -4.84. The number of para-hydroxylation sites is 1. The Morgan fingerprint density at radius 3 is 2.48 bits per heavy atom. The summed E-state index contributed by atoms with van der Waals surface area (Å²) in [6, 6.07) is 14.1. The number of thiol groups is 1. The minimum atomic E-state index is -3.97. The summed E-state index contributed by atoms with van der Waals surface area (Å²) in [5, 5.41) is 9.89. The molecule has 1 aliphatic carbocycles. The Balaban J connectivity index is 1.62. The van der Waals surface area contributed by atoms with E-state index in [1.54, 1.807) is 6.92 Å². The number of rotatable bonds is 13. The van der Waals surface area contributed by atoms with Crippen molar-refractivity contribution in [2.75, 3.05) is 26.0 Å². The number of likely N-dealkylation sites (N-methyl/N-ethyl adjacent to an activating group) is 1. The quantitative estimate of drug-likeness (QED) is 0.0620. The van der Waals surface area contributed by atoms with Crippen LogP contribution in [0.25, 0.3) is 0 Å². The van der Waals surface area contributed by atoms with Crippen LogP contribution in [0, 0.1) is 0 Å². The molecule has 3 aromatic carbocycles. The normalized spacial score (nSPS) is 14.5. The molecular weight excluding hydrogens is 734 g/mol. The van der Waals surface area contributed by atoms with Crippen LogP contribution >= 0.6 is 11.6 Å². The summed E-state index contributed by atoms with van der Waals surface area (Å²) in [5.41, 5.74) is 0.943. The molecule has 18 heteroatoms. The summed E-state index contributed by atoms with van der Waals surface area (Å²) >= 11 is 6.05. The lowest BCUT2D eigenvalue weighted by Gasteiger charge is -2.25. The van der Waals surface area contributed by atoms with Gasteiger partial charge in [0.15, 0.2) is 22.5 Å². The van der Waals surface area contributed by atoms with Crippen LogP contribution in [0.1, 0.15) is 67.2 Å². The molecule has 0 aliphatic heterocycles. The number of carbonyl (C=O) groups excluding carboxylic acids is 2. The van der Waals surface area contributed by atoms with Gasteiger partial charge in [-0.3, -0.25) is 4.79 Å². The van der Waals surface area contributed by atoms with Crippen LogP contribution < -0.4 is 20.1 Å². The van der Waals surface area contributed by atoms with Gasteiger partial charge in [0.1, 0.15) is 17.9 Å². The van der Waals surface area contributed by atoms with Crippen molar-refractivity contribution in [1.82, 2.24) is 24.8 Å². The Labute approximate surface area is 307 Å². The van der Waals surface area contributed by atoms with Crippen molar-refractivity contribution in [3.05, 3.63) is 83.4 Å². The largest absolute Gasteiger partial charge is 0.460 e. The van der Waals surface area contributed by atoms with Gasteiger partial charge in [-0.15, -0.1) is 5.10 Å². The van der Waals surface area contributed by atoms with Crippen LogP contribution in [-0.2, 0) is 30.3 Å². The van der Waals surface area contributed by atoms with Gasteiger partial charge < -0.3 is 20.1 Å². The van der Waals surface area contributed by atoms with Crippen molar-refractivity contribution in [2.45, 2.75) is 60.8 Å². The summed E-state index contributed by atoms with van der Waals surface area (Å²) in [4.78, 5) is 35.0. The third-order valence-electron chi connectivity index (χ3n) is 8.34. The molecule has 4 aromatic rings. The highest BCUT2D eigenvalue weighted by Crippen LogP contribution is 2.41. The van der Waals surface area contributed by atoms with Crippen LogP contribution in [0.4, 0.5) is 11.4 Å². The van der Waals surface area contributed by atoms with E-state index < -0.39 is 38.6 Å². The van der Waals surface area contributed by atoms with E-state index in [1.165, 1.54) is 50.5 Å². The van der Waals surface area contributed by atoms with Gasteiger partial charge in [-0.2, -0.15) is 0 Å². The zero-order chi connectivity index (χ0) is 37.4. The first-order valence-corrected chi connectivity index (χ1v) is 19.4. The summed E-state index contributed by atoms with van der Waals surface area (Å²) in [6.45, 7) is 1.66. The van der Waals surface area contributed by atoms with Crippen LogP contribution in [0.15, 0.2) is 81.8 Å². The van der Waals surface area contributed by atoms with Crippen molar-refractivity contribution in [3.8, 4) is 11.5 Å². The van der Waals surface area contributed by atoms with Crippen molar-refractivity contribution in [2.24, 2.45) is 4.99 Å². The molecule has 1 atom stereocenters. The fraction of sp³-hybridized carbons (Fsp3) is 0.324. The molecule has 3 N–H and O–H groups in total. The van der Waals surface area contributed by atoms with Gasteiger partial charge in [-0.05, 0) is 80.8 Å². The van der Waals surface area contributed by atoms with Gasteiger partial charge in [0, 0.05) is 12.1 Å². The number of aromatic nitrogens is 3.